The van der Waals surface area contributed by atoms with Crippen molar-refractivity contribution >= 4 is 17.9 Å². The number of amides is 2. The molecule has 0 saturated heterocycles. The molecule has 0 aromatic carbocycles. The number of nitrogens with one attached hydrogen (secondary N) is 1. The molecular formula is C12H19N5O3. The van der Waals surface area contributed by atoms with E-state index in [1.807, 2.05) is 0 Å². The number of carboxylic acid groups (broad SMARTS) is 1. The Morgan fingerprint density at radius 1 is 1.30 bits per heavy atom. The zero-order valence-corrected chi connectivity index (χ0v) is 12.0. The summed E-state index contributed by atoms with van der Waals surface area (Å²) in [6.07, 6.45) is 0. The highest BCUT2D eigenvalue weighted by Gasteiger charge is 2.20. The molecule has 1 rings (SSSR count). The van der Waals surface area contributed by atoms with Gasteiger partial charge in [0.2, 0.25) is 0 Å². The van der Waals surface area contributed by atoms with Crippen molar-refractivity contribution in [2.75, 3.05) is 18.4 Å². The van der Waals surface area contributed by atoms with Gasteiger partial charge in [-0.25, -0.2) is 9.78 Å². The SMILES string of the molecule is CCN(CC(C)C(=O)O)C(=O)Nc1nnc(C)c(C)n1. The van der Waals surface area contributed by atoms with Gasteiger partial charge in [0.15, 0.2) is 0 Å². The van der Waals surface area contributed by atoms with E-state index >= 15 is 0 Å². The molecule has 0 radical (unpaired) electrons. The summed E-state index contributed by atoms with van der Waals surface area (Å²) in [6.45, 7) is 7.37. The van der Waals surface area contributed by atoms with Gasteiger partial charge in [-0.3, -0.25) is 10.1 Å². The molecular weight excluding hydrogens is 262 g/mol. The van der Waals surface area contributed by atoms with Crippen LogP contribution in [0.1, 0.15) is 25.2 Å². The summed E-state index contributed by atoms with van der Waals surface area (Å²) in [6, 6.07) is -0.439. The Labute approximate surface area is 117 Å². The molecule has 8 heteroatoms. The smallest absolute Gasteiger partial charge is 0.324 e. The van der Waals surface area contributed by atoms with Gasteiger partial charge in [-0.1, -0.05) is 6.92 Å². The van der Waals surface area contributed by atoms with E-state index in [4.69, 9.17) is 5.11 Å². The van der Waals surface area contributed by atoms with E-state index < -0.39 is 17.9 Å². The number of hydrogen-bond acceptors (Lipinski definition) is 5. The fourth-order valence-electron chi connectivity index (χ4n) is 1.45. The van der Waals surface area contributed by atoms with Crippen LogP contribution in [0.25, 0.3) is 0 Å². The fourth-order valence-corrected chi connectivity index (χ4v) is 1.45. The Kier molecular flexibility index (Phi) is 5.36. The van der Waals surface area contributed by atoms with Gasteiger partial charge in [-0.15, -0.1) is 5.10 Å². The van der Waals surface area contributed by atoms with E-state index in [2.05, 4.69) is 20.5 Å². The summed E-state index contributed by atoms with van der Waals surface area (Å²) in [4.78, 5) is 28.3. The van der Waals surface area contributed by atoms with Crippen molar-refractivity contribution in [3.8, 4) is 0 Å². The molecule has 0 bridgehead atoms. The third kappa shape index (κ3) is 4.15. The van der Waals surface area contributed by atoms with Gasteiger partial charge in [-0.2, -0.15) is 5.10 Å². The van der Waals surface area contributed by atoms with Gasteiger partial charge in [0, 0.05) is 13.1 Å². The largest absolute Gasteiger partial charge is 0.481 e. The first-order valence-corrected chi connectivity index (χ1v) is 6.31. The second kappa shape index (κ2) is 6.78. The fraction of sp³-hybridized carbons (Fsp3) is 0.583. The summed E-state index contributed by atoms with van der Waals surface area (Å²) in [5.41, 5.74) is 1.37. The highest BCUT2D eigenvalue weighted by molar-refractivity contribution is 5.87. The lowest BCUT2D eigenvalue weighted by atomic mass is 10.2. The van der Waals surface area contributed by atoms with Crippen molar-refractivity contribution < 1.29 is 14.7 Å². The average molecular weight is 281 g/mol. The second-order valence-electron chi connectivity index (χ2n) is 4.51. The molecule has 1 aromatic rings. The number of hydrogen-bond donors (Lipinski definition) is 2. The van der Waals surface area contributed by atoms with Gasteiger partial charge in [0.25, 0.3) is 5.95 Å². The monoisotopic (exact) mass is 281 g/mol. The number of aryl methyl sites for hydroxylation is 2. The quantitative estimate of drug-likeness (QED) is 0.835. The highest BCUT2D eigenvalue weighted by atomic mass is 16.4. The minimum atomic E-state index is -0.944. The van der Waals surface area contributed by atoms with Gasteiger partial charge >= 0.3 is 12.0 Å². The van der Waals surface area contributed by atoms with Crippen LogP contribution >= 0.6 is 0 Å². The number of aliphatic carboxylic acids is 1. The molecule has 1 atom stereocenters. The van der Waals surface area contributed by atoms with E-state index in [1.165, 1.54) is 4.90 Å². The summed E-state index contributed by atoms with van der Waals surface area (Å²) >= 11 is 0. The highest BCUT2D eigenvalue weighted by Crippen LogP contribution is 2.05. The topological polar surface area (TPSA) is 108 Å². The minimum absolute atomic E-state index is 0.111. The van der Waals surface area contributed by atoms with Crippen LogP contribution in [0, 0.1) is 19.8 Å². The maximum Gasteiger partial charge on any atom is 0.324 e. The van der Waals surface area contributed by atoms with Crippen molar-refractivity contribution in [1.82, 2.24) is 20.1 Å². The molecule has 2 N–H and O–H groups in total. The maximum absolute atomic E-state index is 12.0. The zero-order valence-electron chi connectivity index (χ0n) is 12.0. The Balaban J connectivity index is 2.72. The predicted octanol–water partition coefficient (Wildman–Crippen LogP) is 1.06. The van der Waals surface area contributed by atoms with Crippen molar-refractivity contribution in [2.45, 2.75) is 27.7 Å². The molecule has 20 heavy (non-hydrogen) atoms. The maximum atomic E-state index is 12.0. The van der Waals surface area contributed by atoms with E-state index in [0.717, 1.165) is 0 Å². The third-order valence-electron chi connectivity index (χ3n) is 2.90. The number of urea groups is 1. The number of carbonyl (C=O) groups excluding carboxylic acids is 1. The lowest BCUT2D eigenvalue weighted by molar-refractivity contribution is -0.141. The number of nitrogens with zero attached hydrogens (tertiary/aromatic N) is 4. The van der Waals surface area contributed by atoms with Crippen LogP contribution < -0.4 is 5.32 Å². The van der Waals surface area contributed by atoms with Crippen LogP contribution in [0.4, 0.5) is 10.7 Å². The second-order valence-corrected chi connectivity index (χ2v) is 4.51. The summed E-state index contributed by atoms with van der Waals surface area (Å²) < 4.78 is 0. The first-order chi connectivity index (χ1) is 9.35. The van der Waals surface area contributed by atoms with Crippen molar-refractivity contribution in [3.05, 3.63) is 11.4 Å². The van der Waals surface area contributed by atoms with E-state index in [0.29, 0.717) is 17.9 Å². The first kappa shape index (κ1) is 15.8. The molecule has 1 unspecified atom stereocenters. The molecule has 0 aliphatic carbocycles. The Morgan fingerprint density at radius 3 is 2.45 bits per heavy atom. The predicted molar refractivity (Wildman–Crippen MR) is 72.4 cm³/mol. The molecule has 0 saturated carbocycles. The molecule has 0 spiro atoms. The number of anilines is 1. The van der Waals surface area contributed by atoms with Crippen molar-refractivity contribution in [1.29, 1.82) is 0 Å². The molecule has 0 aliphatic rings. The average Bonchev–Trinajstić information content (AvgIpc) is 2.39. The first-order valence-electron chi connectivity index (χ1n) is 6.31. The van der Waals surface area contributed by atoms with Crippen LogP contribution in [-0.2, 0) is 4.79 Å². The minimum Gasteiger partial charge on any atom is -0.481 e. The van der Waals surface area contributed by atoms with Crippen LogP contribution in [-0.4, -0.2) is 50.3 Å². The molecule has 8 nitrogen and oxygen atoms in total. The molecule has 0 fully saturated rings. The van der Waals surface area contributed by atoms with Crippen molar-refractivity contribution in [2.24, 2.45) is 5.92 Å². The molecule has 110 valence electrons. The van der Waals surface area contributed by atoms with Crippen LogP contribution in [0.3, 0.4) is 0 Å². The van der Waals surface area contributed by atoms with E-state index in [-0.39, 0.29) is 12.5 Å². The lowest BCUT2D eigenvalue weighted by Gasteiger charge is -2.22. The van der Waals surface area contributed by atoms with Gasteiger partial charge in [0.05, 0.1) is 17.3 Å². The normalized spacial score (nSPS) is 11.8. The van der Waals surface area contributed by atoms with Gasteiger partial charge in [-0.05, 0) is 20.8 Å². The number of carboxylic acids is 1. The van der Waals surface area contributed by atoms with E-state index in [1.54, 1.807) is 27.7 Å². The molecule has 1 aromatic heterocycles. The van der Waals surface area contributed by atoms with Crippen molar-refractivity contribution in [3.63, 3.8) is 0 Å². The summed E-state index contributed by atoms with van der Waals surface area (Å²) in [7, 11) is 0. The standard InChI is InChI=1S/C12H19N5O3/c1-5-17(6-7(2)10(18)19)12(20)14-11-13-8(3)9(4)15-16-11/h7H,5-6H2,1-4H3,(H,18,19)(H,13,14,16,20). The lowest BCUT2D eigenvalue weighted by Crippen LogP contribution is -2.39. The number of carbonyl (C=O) groups is 2. The zero-order chi connectivity index (χ0) is 15.3. The third-order valence-corrected chi connectivity index (χ3v) is 2.90. The van der Waals surface area contributed by atoms with E-state index in [9.17, 15) is 9.59 Å². The Bertz CT molecular complexity index is 506. The Hall–Kier alpha value is -2.25. The van der Waals surface area contributed by atoms with Gasteiger partial charge in [0.1, 0.15) is 0 Å². The number of aromatic nitrogens is 3. The summed E-state index contributed by atoms with van der Waals surface area (Å²) in [5, 5.41) is 19.0. The van der Waals surface area contributed by atoms with Crippen LogP contribution in [0.2, 0.25) is 0 Å². The molecule has 0 aliphatic heterocycles. The molecule has 2 amide bonds. The van der Waals surface area contributed by atoms with Gasteiger partial charge < -0.3 is 10.0 Å². The Morgan fingerprint density at radius 2 is 1.95 bits per heavy atom. The number of rotatable bonds is 5. The van der Waals surface area contributed by atoms with Crippen LogP contribution in [0.15, 0.2) is 0 Å². The van der Waals surface area contributed by atoms with Crippen LogP contribution in [0.5, 0.6) is 0 Å². The molecule has 1 heterocycles. The summed E-state index contributed by atoms with van der Waals surface area (Å²) in [5.74, 6) is -1.47.